The Bertz CT molecular complexity index is 856. The van der Waals surface area contributed by atoms with E-state index in [1.807, 2.05) is 24.6 Å². The molecule has 0 aromatic carbocycles. The number of aryl methyl sites for hydroxylation is 1. The number of carbonyl (C=O) groups is 1. The highest BCUT2D eigenvalue weighted by Gasteiger charge is 2.26. The topological polar surface area (TPSA) is 87.5 Å². The van der Waals surface area contributed by atoms with Gasteiger partial charge in [-0.25, -0.2) is 4.98 Å². The van der Waals surface area contributed by atoms with Crippen molar-refractivity contribution in [2.24, 2.45) is 7.05 Å². The fourth-order valence-electron chi connectivity index (χ4n) is 3.71. The van der Waals surface area contributed by atoms with E-state index in [9.17, 15) is 4.79 Å². The molecule has 8 nitrogen and oxygen atoms in total. The van der Waals surface area contributed by atoms with Gasteiger partial charge in [0, 0.05) is 26.1 Å². The molecule has 2 aliphatic rings. The predicted molar refractivity (Wildman–Crippen MR) is 108 cm³/mol. The minimum absolute atomic E-state index is 0.0265. The zero-order valence-electron chi connectivity index (χ0n) is 17.4. The molecule has 29 heavy (non-hydrogen) atoms. The van der Waals surface area contributed by atoms with Gasteiger partial charge >= 0.3 is 0 Å². The fraction of sp³-hybridized carbons (Fsp3) is 0.667. The minimum atomic E-state index is -0.0265. The molecule has 2 saturated carbocycles. The van der Waals surface area contributed by atoms with E-state index in [2.05, 4.69) is 15.3 Å². The number of pyridine rings is 1. The number of amides is 1. The summed E-state index contributed by atoms with van der Waals surface area (Å²) in [7, 11) is 1.95. The van der Waals surface area contributed by atoms with Gasteiger partial charge in [-0.2, -0.15) is 4.98 Å². The Morgan fingerprint density at radius 2 is 1.83 bits per heavy atom. The van der Waals surface area contributed by atoms with E-state index in [0.29, 0.717) is 24.4 Å². The van der Waals surface area contributed by atoms with E-state index in [-0.39, 0.29) is 24.2 Å². The fourth-order valence-corrected chi connectivity index (χ4v) is 3.71. The molecule has 0 spiro atoms. The molecule has 4 rings (SSSR count). The summed E-state index contributed by atoms with van der Waals surface area (Å²) in [6.07, 6.45) is 8.40. The molecule has 2 aromatic rings. The van der Waals surface area contributed by atoms with Gasteiger partial charge in [0.2, 0.25) is 5.91 Å². The number of ether oxygens (including phenoxy) is 3. The average molecular weight is 402 g/mol. The highest BCUT2D eigenvalue weighted by Crippen LogP contribution is 2.30. The summed E-state index contributed by atoms with van der Waals surface area (Å²) in [5.41, 5.74) is 1.59. The molecule has 2 heterocycles. The van der Waals surface area contributed by atoms with Crippen LogP contribution >= 0.6 is 0 Å². The van der Waals surface area contributed by atoms with Gasteiger partial charge in [-0.15, -0.1) is 0 Å². The number of aromatic nitrogens is 3. The van der Waals surface area contributed by atoms with Gasteiger partial charge in [0.15, 0.2) is 5.65 Å². The number of nitrogens with zero attached hydrogens (tertiary/aromatic N) is 3. The Morgan fingerprint density at radius 3 is 2.52 bits per heavy atom. The van der Waals surface area contributed by atoms with Crippen molar-refractivity contribution in [3.05, 3.63) is 12.3 Å². The van der Waals surface area contributed by atoms with Crippen LogP contribution in [0.5, 0.6) is 11.8 Å². The molecule has 2 aromatic heterocycles. The number of nitrogens with one attached hydrogen (secondary N) is 1. The lowest BCUT2D eigenvalue weighted by Gasteiger charge is -2.29. The SMILES string of the molecule is CC(=O)N[C@@H](C)CO[C@H]1CC[C@H](Oc2nc3ncc(OC4CC4)cc3n2C)CC1. The first-order chi connectivity index (χ1) is 14.0. The maximum atomic E-state index is 11.1. The van der Waals surface area contributed by atoms with Crippen LogP contribution in [0.3, 0.4) is 0 Å². The van der Waals surface area contributed by atoms with Crippen LogP contribution < -0.4 is 14.8 Å². The van der Waals surface area contributed by atoms with Crippen molar-refractivity contribution in [3.63, 3.8) is 0 Å². The Kier molecular flexibility index (Phi) is 5.89. The number of hydrogen-bond acceptors (Lipinski definition) is 6. The second-order valence-electron chi connectivity index (χ2n) is 8.24. The molecule has 1 amide bonds. The van der Waals surface area contributed by atoms with Crippen molar-refractivity contribution in [2.45, 2.75) is 76.7 Å². The number of hydrogen-bond donors (Lipinski definition) is 1. The largest absolute Gasteiger partial charge is 0.489 e. The van der Waals surface area contributed by atoms with Crippen molar-refractivity contribution in [3.8, 4) is 11.8 Å². The summed E-state index contributed by atoms with van der Waals surface area (Å²) in [5.74, 6) is 0.766. The first-order valence-electron chi connectivity index (χ1n) is 10.5. The molecule has 8 heteroatoms. The van der Waals surface area contributed by atoms with E-state index in [4.69, 9.17) is 14.2 Å². The van der Waals surface area contributed by atoms with E-state index < -0.39 is 0 Å². The van der Waals surface area contributed by atoms with Gasteiger partial charge in [0.05, 0.1) is 30.5 Å². The molecular weight excluding hydrogens is 372 g/mol. The van der Waals surface area contributed by atoms with Crippen LogP contribution in [0, 0.1) is 0 Å². The van der Waals surface area contributed by atoms with Gasteiger partial charge in [0.1, 0.15) is 11.9 Å². The van der Waals surface area contributed by atoms with Crippen LogP contribution in [-0.2, 0) is 16.6 Å². The smallest absolute Gasteiger partial charge is 0.298 e. The second-order valence-corrected chi connectivity index (χ2v) is 8.24. The van der Waals surface area contributed by atoms with Gasteiger partial charge in [-0.1, -0.05) is 0 Å². The molecule has 0 aliphatic heterocycles. The highest BCUT2D eigenvalue weighted by molar-refractivity contribution is 5.74. The van der Waals surface area contributed by atoms with Crippen LogP contribution in [0.1, 0.15) is 52.4 Å². The molecule has 2 aliphatic carbocycles. The number of carbonyl (C=O) groups excluding carboxylic acids is 1. The molecule has 158 valence electrons. The lowest BCUT2D eigenvalue weighted by molar-refractivity contribution is -0.120. The zero-order chi connectivity index (χ0) is 20.4. The van der Waals surface area contributed by atoms with Crippen LogP contribution in [0.25, 0.3) is 11.2 Å². The van der Waals surface area contributed by atoms with E-state index in [1.54, 1.807) is 6.20 Å². The highest BCUT2D eigenvalue weighted by atomic mass is 16.5. The van der Waals surface area contributed by atoms with Gasteiger partial charge < -0.3 is 19.5 Å². The third kappa shape index (κ3) is 5.18. The second kappa shape index (κ2) is 8.57. The average Bonchev–Trinajstić information content (AvgIpc) is 3.45. The van der Waals surface area contributed by atoms with Gasteiger partial charge in [0.25, 0.3) is 6.01 Å². The summed E-state index contributed by atoms with van der Waals surface area (Å²) >= 11 is 0. The van der Waals surface area contributed by atoms with Crippen LogP contribution in [0.15, 0.2) is 12.3 Å². The van der Waals surface area contributed by atoms with E-state index >= 15 is 0 Å². The van der Waals surface area contributed by atoms with Crippen molar-refractivity contribution in [2.75, 3.05) is 6.61 Å². The van der Waals surface area contributed by atoms with E-state index in [0.717, 1.165) is 49.8 Å². The standard InChI is InChI=1S/C21H30N4O4/c1-13(23-14(2)26)12-27-15-4-6-17(7-5-15)29-21-24-20-19(25(21)3)10-18(11-22-20)28-16-8-9-16/h10-11,13,15-17H,4-9,12H2,1-3H3,(H,23,26)/t13-,15-,17-/m0/s1. The molecule has 1 N–H and O–H groups in total. The molecule has 0 bridgehead atoms. The Balaban J connectivity index is 1.29. The van der Waals surface area contributed by atoms with Crippen molar-refractivity contribution >= 4 is 17.1 Å². The normalized spacial score (nSPS) is 23.0. The van der Waals surface area contributed by atoms with Crippen LogP contribution in [0.2, 0.25) is 0 Å². The Labute approximate surface area is 170 Å². The summed E-state index contributed by atoms with van der Waals surface area (Å²) in [5, 5.41) is 2.85. The molecular formula is C21H30N4O4. The maximum absolute atomic E-state index is 11.1. The Morgan fingerprint density at radius 1 is 1.17 bits per heavy atom. The van der Waals surface area contributed by atoms with E-state index in [1.165, 1.54) is 6.92 Å². The van der Waals surface area contributed by atoms with Crippen LogP contribution in [-0.4, -0.2) is 51.4 Å². The molecule has 2 fully saturated rings. The molecule has 1 atom stereocenters. The molecule has 0 radical (unpaired) electrons. The summed E-state index contributed by atoms with van der Waals surface area (Å²) in [4.78, 5) is 20.1. The zero-order valence-corrected chi connectivity index (χ0v) is 17.4. The Hall–Kier alpha value is -2.35. The third-order valence-electron chi connectivity index (χ3n) is 5.42. The lowest BCUT2D eigenvalue weighted by atomic mass is 9.95. The summed E-state index contributed by atoms with van der Waals surface area (Å²) in [6.45, 7) is 4.02. The third-order valence-corrected chi connectivity index (χ3v) is 5.42. The van der Waals surface area contributed by atoms with Gasteiger partial charge in [-0.05, 0) is 45.4 Å². The lowest BCUT2D eigenvalue weighted by Crippen LogP contribution is -2.37. The maximum Gasteiger partial charge on any atom is 0.298 e. The summed E-state index contributed by atoms with van der Waals surface area (Å²) in [6, 6.07) is 2.61. The van der Waals surface area contributed by atoms with Gasteiger partial charge in [-0.3, -0.25) is 9.36 Å². The minimum Gasteiger partial charge on any atom is -0.489 e. The molecule has 0 saturated heterocycles. The number of imidazole rings is 1. The number of fused-ring (bicyclic) bond motifs is 1. The quantitative estimate of drug-likeness (QED) is 0.731. The van der Waals surface area contributed by atoms with Crippen LogP contribution in [0.4, 0.5) is 0 Å². The first-order valence-corrected chi connectivity index (χ1v) is 10.5. The van der Waals surface area contributed by atoms with Crippen molar-refractivity contribution in [1.29, 1.82) is 0 Å². The van der Waals surface area contributed by atoms with Crippen molar-refractivity contribution < 1.29 is 19.0 Å². The predicted octanol–water partition coefficient (Wildman–Crippen LogP) is 2.74. The monoisotopic (exact) mass is 402 g/mol. The van der Waals surface area contributed by atoms with Crippen molar-refractivity contribution in [1.82, 2.24) is 19.9 Å². The number of rotatable bonds is 8. The summed E-state index contributed by atoms with van der Waals surface area (Å²) < 4.78 is 19.9. The first kappa shape index (κ1) is 19.9. The molecule has 0 unspecified atom stereocenters.